The predicted octanol–water partition coefficient (Wildman–Crippen LogP) is 3.57. The molecular formula is C30H32N3O9P. The van der Waals surface area contributed by atoms with Gasteiger partial charge in [0.1, 0.15) is 30.7 Å². The summed E-state index contributed by atoms with van der Waals surface area (Å²) < 4.78 is 38.3. The molecule has 4 aromatic rings. The Kier molecular flexibility index (Phi) is 9.24. The molecule has 12 nitrogen and oxygen atoms in total. The summed E-state index contributed by atoms with van der Waals surface area (Å²) in [6, 6.07) is 20.6. The van der Waals surface area contributed by atoms with Crippen molar-refractivity contribution >= 4 is 24.5 Å². The van der Waals surface area contributed by atoms with Gasteiger partial charge in [0.2, 0.25) is 0 Å². The van der Waals surface area contributed by atoms with E-state index in [1.807, 2.05) is 48.5 Å². The molecule has 13 heteroatoms. The Hall–Kier alpha value is -4.06. The van der Waals surface area contributed by atoms with Gasteiger partial charge < -0.3 is 19.1 Å². The largest absolute Gasteiger partial charge is 0.460 e. The molecule has 2 heterocycles. The lowest BCUT2D eigenvalue weighted by Crippen LogP contribution is -2.36. The van der Waals surface area contributed by atoms with Crippen LogP contribution in [-0.4, -0.2) is 45.5 Å². The van der Waals surface area contributed by atoms with Gasteiger partial charge in [-0.15, -0.1) is 0 Å². The van der Waals surface area contributed by atoms with Crippen LogP contribution in [0.5, 0.6) is 5.75 Å². The zero-order valence-corrected chi connectivity index (χ0v) is 24.4. The first-order chi connectivity index (χ1) is 20.6. The van der Waals surface area contributed by atoms with Gasteiger partial charge in [-0.3, -0.25) is 23.7 Å². The first-order valence-corrected chi connectivity index (χ1v) is 15.2. The fraction of sp³-hybridized carbons (Fsp3) is 0.300. The third-order valence-corrected chi connectivity index (χ3v) is 8.60. The molecule has 0 spiro atoms. The van der Waals surface area contributed by atoms with Crippen LogP contribution in [0.2, 0.25) is 0 Å². The molecular weight excluding hydrogens is 577 g/mol. The molecule has 0 bridgehead atoms. The van der Waals surface area contributed by atoms with Crippen LogP contribution >= 0.6 is 7.75 Å². The average molecular weight is 610 g/mol. The van der Waals surface area contributed by atoms with Crippen molar-refractivity contribution in [2.24, 2.45) is 0 Å². The molecule has 3 aromatic carbocycles. The average Bonchev–Trinajstić information content (AvgIpc) is 3.37. The van der Waals surface area contributed by atoms with Gasteiger partial charge in [-0.2, -0.15) is 5.09 Å². The number of hydrogen-bond acceptors (Lipinski definition) is 9. The topological polar surface area (TPSA) is 158 Å². The van der Waals surface area contributed by atoms with Crippen molar-refractivity contribution in [1.29, 1.82) is 0 Å². The highest BCUT2D eigenvalue weighted by Gasteiger charge is 2.39. The number of nitrogens with one attached hydrogen (secondary N) is 2. The van der Waals surface area contributed by atoms with E-state index in [1.165, 1.54) is 17.7 Å². The monoisotopic (exact) mass is 609 g/mol. The van der Waals surface area contributed by atoms with Gasteiger partial charge in [0.15, 0.2) is 0 Å². The van der Waals surface area contributed by atoms with E-state index in [-0.39, 0.29) is 18.8 Å². The van der Waals surface area contributed by atoms with E-state index in [0.717, 1.165) is 10.9 Å². The van der Waals surface area contributed by atoms with E-state index >= 15 is 0 Å². The lowest BCUT2D eigenvalue weighted by atomic mass is 10.1. The van der Waals surface area contributed by atoms with E-state index < -0.39 is 56.0 Å². The molecule has 5 atom stereocenters. The van der Waals surface area contributed by atoms with E-state index in [0.29, 0.717) is 10.9 Å². The molecule has 1 saturated heterocycles. The Morgan fingerprint density at radius 3 is 2.63 bits per heavy atom. The lowest BCUT2D eigenvalue weighted by molar-refractivity contribution is -0.146. The van der Waals surface area contributed by atoms with Crippen molar-refractivity contribution in [2.45, 2.75) is 51.4 Å². The molecule has 5 rings (SSSR count). The zero-order chi connectivity index (χ0) is 30.6. The third kappa shape index (κ3) is 7.30. The molecule has 0 aliphatic carbocycles. The number of benzene rings is 3. The van der Waals surface area contributed by atoms with Crippen LogP contribution in [0.15, 0.2) is 88.6 Å². The van der Waals surface area contributed by atoms with Gasteiger partial charge in [0.05, 0.1) is 12.7 Å². The molecule has 0 radical (unpaired) electrons. The second-order valence-corrected chi connectivity index (χ2v) is 11.9. The minimum Gasteiger partial charge on any atom is -0.460 e. The molecule has 1 aliphatic rings. The molecule has 0 saturated carbocycles. The number of hydrogen-bond donors (Lipinski definition) is 3. The highest BCUT2D eigenvalue weighted by atomic mass is 31.2. The van der Waals surface area contributed by atoms with Crippen molar-refractivity contribution in [2.75, 3.05) is 6.61 Å². The molecule has 3 N–H and O–H groups in total. The Balaban J connectivity index is 1.33. The maximum Gasteiger partial charge on any atom is 0.459 e. The number of aromatic nitrogens is 2. The van der Waals surface area contributed by atoms with E-state index in [9.17, 15) is 24.1 Å². The maximum absolute atomic E-state index is 14.2. The van der Waals surface area contributed by atoms with Crippen LogP contribution in [0.25, 0.3) is 10.8 Å². The number of rotatable bonds is 11. The summed E-state index contributed by atoms with van der Waals surface area (Å²) in [4.78, 5) is 39.1. The van der Waals surface area contributed by atoms with Gasteiger partial charge >= 0.3 is 19.4 Å². The molecule has 226 valence electrons. The van der Waals surface area contributed by atoms with Crippen LogP contribution in [0.3, 0.4) is 0 Å². The Labute approximate surface area is 246 Å². The zero-order valence-electron chi connectivity index (χ0n) is 23.5. The SMILES string of the molecule is Cc1cn([C@H]2C[C@@H](O)[C@@H](COP(=O)(N[C@@H](C)C(=O)OCc3ccccc3)Oc3cccc4ccccc34)O2)c(=O)[nH]c1=O. The number of aromatic amines is 1. The van der Waals surface area contributed by atoms with Crippen LogP contribution in [0, 0.1) is 6.92 Å². The summed E-state index contributed by atoms with van der Waals surface area (Å²) >= 11 is 0. The minimum absolute atomic E-state index is 0.0174. The van der Waals surface area contributed by atoms with Crippen LogP contribution in [0.4, 0.5) is 0 Å². The number of ether oxygens (including phenoxy) is 2. The summed E-state index contributed by atoms with van der Waals surface area (Å²) in [5.74, 6) is -0.431. The summed E-state index contributed by atoms with van der Waals surface area (Å²) in [7, 11) is -4.30. The standard InChI is InChI=1S/C30H32N3O9P/c1-19-16-33(30(37)31-28(19)35)27-15-24(34)26(41-27)18-40-43(38,42-25-14-8-12-22-11-6-7-13-23(22)25)32-20(2)29(36)39-17-21-9-4-3-5-10-21/h3-14,16,20,24,26-27,34H,15,17-18H2,1-2H3,(H,32,38)(H,31,35,37)/t20-,24+,26+,27+,43?/m0/s1. The Morgan fingerprint density at radius 2 is 1.84 bits per heavy atom. The van der Waals surface area contributed by atoms with Crippen LogP contribution in [0.1, 0.15) is 30.7 Å². The van der Waals surface area contributed by atoms with E-state index in [1.54, 1.807) is 31.2 Å². The number of carbonyl (C=O) groups excluding carboxylic acids is 1. The summed E-state index contributed by atoms with van der Waals surface area (Å²) in [5, 5.41) is 14.8. The Morgan fingerprint density at radius 1 is 1.12 bits per heavy atom. The highest BCUT2D eigenvalue weighted by molar-refractivity contribution is 7.52. The van der Waals surface area contributed by atoms with Gasteiger partial charge in [0.25, 0.3) is 5.56 Å². The van der Waals surface area contributed by atoms with Crippen LogP contribution in [-0.2, 0) is 30.0 Å². The van der Waals surface area contributed by atoms with E-state index in [2.05, 4.69) is 10.1 Å². The number of aliphatic hydroxyl groups excluding tert-OH is 1. The number of aryl methyl sites for hydroxylation is 1. The van der Waals surface area contributed by atoms with Crippen molar-refractivity contribution < 1.29 is 33.0 Å². The summed E-state index contributed by atoms with van der Waals surface area (Å²) in [6.45, 7) is 2.63. The second kappa shape index (κ2) is 13.1. The minimum atomic E-state index is -4.30. The molecule has 0 amide bonds. The summed E-state index contributed by atoms with van der Waals surface area (Å²) in [5.41, 5.74) is -0.131. The summed E-state index contributed by atoms with van der Waals surface area (Å²) in [6.07, 6.45) is -1.63. The number of carbonyl (C=O) groups is 1. The predicted molar refractivity (Wildman–Crippen MR) is 158 cm³/mol. The number of fused-ring (bicyclic) bond motifs is 1. The van der Waals surface area contributed by atoms with Gasteiger partial charge in [-0.05, 0) is 30.9 Å². The molecule has 1 aromatic heterocycles. The van der Waals surface area contributed by atoms with Crippen molar-refractivity contribution in [3.05, 3.63) is 111 Å². The third-order valence-electron chi connectivity index (χ3n) is 6.97. The lowest BCUT2D eigenvalue weighted by Gasteiger charge is -2.25. The van der Waals surface area contributed by atoms with Crippen molar-refractivity contribution in [1.82, 2.24) is 14.6 Å². The van der Waals surface area contributed by atoms with Crippen molar-refractivity contribution in [3.63, 3.8) is 0 Å². The van der Waals surface area contributed by atoms with Crippen LogP contribution < -0.4 is 20.9 Å². The number of esters is 1. The first-order valence-electron chi connectivity index (χ1n) is 13.7. The number of aliphatic hydroxyl groups is 1. The smallest absolute Gasteiger partial charge is 0.459 e. The fourth-order valence-corrected chi connectivity index (χ4v) is 6.17. The maximum atomic E-state index is 14.2. The number of H-pyrrole nitrogens is 1. The van der Waals surface area contributed by atoms with Crippen molar-refractivity contribution in [3.8, 4) is 5.75 Å². The van der Waals surface area contributed by atoms with Gasteiger partial charge in [0, 0.05) is 23.6 Å². The molecule has 1 fully saturated rings. The molecule has 1 unspecified atom stereocenters. The van der Waals surface area contributed by atoms with Gasteiger partial charge in [-0.1, -0.05) is 66.7 Å². The molecule has 1 aliphatic heterocycles. The van der Waals surface area contributed by atoms with Gasteiger partial charge in [-0.25, -0.2) is 9.36 Å². The fourth-order valence-electron chi connectivity index (χ4n) is 4.65. The Bertz CT molecular complexity index is 1750. The first kappa shape index (κ1) is 30.4. The number of nitrogens with zero attached hydrogens (tertiary/aromatic N) is 1. The highest BCUT2D eigenvalue weighted by Crippen LogP contribution is 2.47. The quantitative estimate of drug-likeness (QED) is 0.170. The second-order valence-electron chi connectivity index (χ2n) is 10.2. The molecule has 43 heavy (non-hydrogen) atoms. The normalized spacial score (nSPS) is 20.4. The van der Waals surface area contributed by atoms with E-state index in [4.69, 9.17) is 18.5 Å².